The normalized spacial score (nSPS) is 17.0. The first-order chi connectivity index (χ1) is 12.5. The van der Waals surface area contributed by atoms with E-state index in [0.29, 0.717) is 18.1 Å². The molecular formula is C21H23ClN2O2. The van der Waals surface area contributed by atoms with Gasteiger partial charge in [-0.05, 0) is 43.7 Å². The second kappa shape index (κ2) is 7.92. The molecule has 0 radical (unpaired) electrons. The molecule has 4 nitrogen and oxygen atoms in total. The summed E-state index contributed by atoms with van der Waals surface area (Å²) in [5.74, 6) is -0.299. The van der Waals surface area contributed by atoms with Gasteiger partial charge in [0.2, 0.25) is 11.8 Å². The molecule has 2 amide bonds. The number of benzene rings is 2. The Morgan fingerprint density at radius 2 is 1.81 bits per heavy atom. The summed E-state index contributed by atoms with van der Waals surface area (Å²) >= 11 is 5.92. The van der Waals surface area contributed by atoms with Gasteiger partial charge in [-0.15, -0.1) is 0 Å². The summed E-state index contributed by atoms with van der Waals surface area (Å²) in [6.45, 7) is 4.99. The van der Waals surface area contributed by atoms with E-state index in [1.165, 1.54) is 0 Å². The molecule has 1 atom stereocenters. The molecule has 0 aliphatic carbocycles. The Bertz CT molecular complexity index is 774. The van der Waals surface area contributed by atoms with Crippen LogP contribution in [0.5, 0.6) is 0 Å². The molecule has 3 rings (SSSR count). The van der Waals surface area contributed by atoms with Crippen LogP contribution < -0.4 is 4.90 Å². The Morgan fingerprint density at radius 1 is 1.15 bits per heavy atom. The van der Waals surface area contributed by atoms with Crippen LogP contribution in [-0.4, -0.2) is 29.3 Å². The highest BCUT2D eigenvalue weighted by Crippen LogP contribution is 2.28. The molecule has 0 aromatic heterocycles. The highest BCUT2D eigenvalue weighted by atomic mass is 35.5. The first-order valence-electron chi connectivity index (χ1n) is 8.86. The van der Waals surface area contributed by atoms with Crippen molar-refractivity contribution < 1.29 is 9.59 Å². The molecule has 26 heavy (non-hydrogen) atoms. The molecule has 0 spiro atoms. The van der Waals surface area contributed by atoms with Crippen LogP contribution in [0, 0.1) is 5.92 Å². The lowest BCUT2D eigenvalue weighted by Crippen LogP contribution is -2.41. The van der Waals surface area contributed by atoms with Gasteiger partial charge in [0.05, 0.1) is 5.92 Å². The minimum absolute atomic E-state index is 0.0194. The van der Waals surface area contributed by atoms with E-state index in [1.54, 1.807) is 17.0 Å². The molecule has 136 valence electrons. The highest BCUT2D eigenvalue weighted by molar-refractivity contribution is 6.30. The third kappa shape index (κ3) is 4.07. The first kappa shape index (κ1) is 18.5. The molecule has 5 heteroatoms. The molecule has 0 bridgehead atoms. The van der Waals surface area contributed by atoms with Gasteiger partial charge in [-0.25, -0.2) is 0 Å². The van der Waals surface area contributed by atoms with Crippen molar-refractivity contribution in [2.75, 3.05) is 11.4 Å². The minimum atomic E-state index is -0.315. The van der Waals surface area contributed by atoms with Crippen molar-refractivity contribution in [3.63, 3.8) is 0 Å². The topological polar surface area (TPSA) is 40.6 Å². The average Bonchev–Trinajstić information content (AvgIpc) is 3.02. The number of rotatable bonds is 5. The lowest BCUT2D eigenvalue weighted by molar-refractivity contribution is -0.138. The lowest BCUT2D eigenvalue weighted by Gasteiger charge is -2.29. The summed E-state index contributed by atoms with van der Waals surface area (Å²) in [6.07, 6.45) is 0.249. The molecule has 1 heterocycles. The lowest BCUT2D eigenvalue weighted by atomic mass is 10.1. The maximum atomic E-state index is 13.1. The predicted octanol–water partition coefficient (Wildman–Crippen LogP) is 4.13. The maximum Gasteiger partial charge on any atom is 0.228 e. The summed E-state index contributed by atoms with van der Waals surface area (Å²) in [6, 6.07) is 17.2. The molecule has 2 aromatic rings. The van der Waals surface area contributed by atoms with Gasteiger partial charge in [0.25, 0.3) is 0 Å². The predicted molar refractivity (Wildman–Crippen MR) is 104 cm³/mol. The van der Waals surface area contributed by atoms with Crippen molar-refractivity contribution in [1.82, 2.24) is 4.90 Å². The Balaban J connectivity index is 1.73. The van der Waals surface area contributed by atoms with Crippen molar-refractivity contribution in [3.05, 3.63) is 65.2 Å². The van der Waals surface area contributed by atoms with E-state index < -0.39 is 0 Å². The van der Waals surface area contributed by atoms with Crippen LogP contribution in [0.3, 0.4) is 0 Å². The van der Waals surface area contributed by atoms with Gasteiger partial charge in [-0.3, -0.25) is 9.59 Å². The summed E-state index contributed by atoms with van der Waals surface area (Å²) in [4.78, 5) is 29.1. The van der Waals surface area contributed by atoms with Crippen LogP contribution in [0.25, 0.3) is 0 Å². The van der Waals surface area contributed by atoms with Gasteiger partial charge in [0.1, 0.15) is 0 Å². The third-order valence-corrected chi connectivity index (χ3v) is 4.97. The van der Waals surface area contributed by atoms with E-state index in [4.69, 9.17) is 11.6 Å². The van der Waals surface area contributed by atoms with Gasteiger partial charge >= 0.3 is 0 Å². The van der Waals surface area contributed by atoms with Crippen molar-refractivity contribution in [1.29, 1.82) is 0 Å². The zero-order valence-corrected chi connectivity index (χ0v) is 15.8. The second-order valence-corrected chi connectivity index (χ2v) is 7.36. The van der Waals surface area contributed by atoms with Gasteiger partial charge < -0.3 is 9.80 Å². The van der Waals surface area contributed by atoms with E-state index >= 15 is 0 Å². The SMILES string of the molecule is CC(C)N(Cc1ccccc1)C(=O)[C@@H]1CC(=O)N(c2ccc(Cl)cc2)C1. The van der Waals surface area contributed by atoms with Crippen LogP contribution in [0.2, 0.25) is 5.02 Å². The summed E-state index contributed by atoms with van der Waals surface area (Å²) < 4.78 is 0. The summed E-state index contributed by atoms with van der Waals surface area (Å²) in [5, 5.41) is 0.627. The molecule has 0 N–H and O–H groups in total. The zero-order valence-electron chi connectivity index (χ0n) is 15.1. The average molecular weight is 371 g/mol. The van der Waals surface area contributed by atoms with Crippen molar-refractivity contribution in [2.24, 2.45) is 5.92 Å². The Labute approximate surface area is 159 Å². The number of hydrogen-bond acceptors (Lipinski definition) is 2. The van der Waals surface area contributed by atoms with Crippen LogP contribution in [0.1, 0.15) is 25.8 Å². The van der Waals surface area contributed by atoms with E-state index in [9.17, 15) is 9.59 Å². The molecule has 0 saturated carbocycles. The number of nitrogens with zero attached hydrogens (tertiary/aromatic N) is 2. The number of carbonyl (C=O) groups excluding carboxylic acids is 2. The molecular weight excluding hydrogens is 348 g/mol. The minimum Gasteiger partial charge on any atom is -0.336 e. The van der Waals surface area contributed by atoms with E-state index in [2.05, 4.69) is 0 Å². The molecule has 0 unspecified atom stereocenters. The quantitative estimate of drug-likeness (QED) is 0.794. The number of amides is 2. The van der Waals surface area contributed by atoms with Gasteiger partial charge in [-0.2, -0.15) is 0 Å². The van der Waals surface area contributed by atoms with Crippen LogP contribution in [0.15, 0.2) is 54.6 Å². The largest absolute Gasteiger partial charge is 0.336 e. The zero-order chi connectivity index (χ0) is 18.7. The molecule has 1 saturated heterocycles. The van der Waals surface area contributed by atoms with Gasteiger partial charge in [0.15, 0.2) is 0 Å². The van der Waals surface area contributed by atoms with E-state index in [-0.39, 0.29) is 30.2 Å². The molecule has 1 fully saturated rings. The number of hydrogen-bond donors (Lipinski definition) is 0. The van der Waals surface area contributed by atoms with Crippen molar-refractivity contribution in [2.45, 2.75) is 32.9 Å². The fourth-order valence-corrected chi connectivity index (χ4v) is 3.40. The van der Waals surface area contributed by atoms with Crippen molar-refractivity contribution in [3.8, 4) is 0 Å². The van der Waals surface area contributed by atoms with E-state index in [1.807, 2.05) is 61.2 Å². The van der Waals surface area contributed by atoms with Gasteiger partial charge in [0, 0.05) is 36.3 Å². The Morgan fingerprint density at radius 3 is 2.42 bits per heavy atom. The fraction of sp³-hybridized carbons (Fsp3) is 0.333. The van der Waals surface area contributed by atoms with E-state index in [0.717, 1.165) is 11.3 Å². The molecule has 1 aliphatic rings. The smallest absolute Gasteiger partial charge is 0.228 e. The van der Waals surface area contributed by atoms with Crippen LogP contribution in [-0.2, 0) is 16.1 Å². The molecule has 1 aliphatic heterocycles. The molecule has 2 aromatic carbocycles. The third-order valence-electron chi connectivity index (χ3n) is 4.71. The highest BCUT2D eigenvalue weighted by Gasteiger charge is 2.37. The monoisotopic (exact) mass is 370 g/mol. The summed E-state index contributed by atoms with van der Waals surface area (Å²) in [7, 11) is 0. The second-order valence-electron chi connectivity index (χ2n) is 6.93. The number of carbonyl (C=O) groups is 2. The number of anilines is 1. The Kier molecular flexibility index (Phi) is 5.62. The van der Waals surface area contributed by atoms with Crippen molar-refractivity contribution >= 4 is 29.1 Å². The first-order valence-corrected chi connectivity index (χ1v) is 9.24. The fourth-order valence-electron chi connectivity index (χ4n) is 3.27. The Hall–Kier alpha value is -2.33. The number of halogens is 1. The van der Waals surface area contributed by atoms with Crippen LogP contribution >= 0.6 is 11.6 Å². The maximum absolute atomic E-state index is 13.1. The standard InChI is InChI=1S/C21H23ClN2O2/c1-15(2)23(13-16-6-4-3-5-7-16)21(26)17-12-20(25)24(14-17)19-10-8-18(22)9-11-19/h3-11,15,17H,12-14H2,1-2H3/t17-/m1/s1. The van der Waals surface area contributed by atoms with Crippen LogP contribution in [0.4, 0.5) is 5.69 Å². The summed E-state index contributed by atoms with van der Waals surface area (Å²) in [5.41, 5.74) is 1.88. The van der Waals surface area contributed by atoms with Gasteiger partial charge in [-0.1, -0.05) is 41.9 Å².